The van der Waals surface area contributed by atoms with E-state index in [2.05, 4.69) is 10.3 Å². The van der Waals surface area contributed by atoms with Crippen molar-refractivity contribution in [2.24, 2.45) is 0 Å². The Hall–Kier alpha value is -1.59. The SMILES string of the molecule is O=C([O-])C1CCC[n+]2[nH][nH]c(=O)c21. The van der Waals surface area contributed by atoms with E-state index in [1.165, 1.54) is 4.68 Å². The minimum absolute atomic E-state index is 0.270. The molecule has 0 fully saturated rings. The third kappa shape index (κ3) is 1.14. The van der Waals surface area contributed by atoms with Crippen LogP contribution in [0.2, 0.25) is 0 Å². The van der Waals surface area contributed by atoms with Gasteiger partial charge in [-0.1, -0.05) is 5.21 Å². The van der Waals surface area contributed by atoms with E-state index in [0.717, 1.165) is 6.42 Å². The van der Waals surface area contributed by atoms with E-state index in [-0.39, 0.29) is 11.3 Å². The average molecular weight is 183 g/mol. The summed E-state index contributed by atoms with van der Waals surface area (Å²) in [5, 5.41) is 15.6. The highest BCUT2D eigenvalue weighted by Gasteiger charge is 2.30. The first-order valence-corrected chi connectivity index (χ1v) is 4.11. The number of nitrogens with zero attached hydrogens (tertiary/aromatic N) is 1. The monoisotopic (exact) mass is 183 g/mol. The predicted octanol–water partition coefficient (Wildman–Crippen LogP) is -2.38. The number of rotatable bonds is 1. The fourth-order valence-electron chi connectivity index (χ4n) is 1.71. The number of nitrogens with one attached hydrogen (secondary N) is 2. The highest BCUT2D eigenvalue weighted by molar-refractivity contribution is 5.72. The van der Waals surface area contributed by atoms with E-state index in [1.807, 2.05) is 0 Å². The summed E-state index contributed by atoms with van der Waals surface area (Å²) in [7, 11) is 0. The molecule has 2 rings (SSSR count). The van der Waals surface area contributed by atoms with E-state index >= 15 is 0 Å². The van der Waals surface area contributed by atoms with E-state index in [9.17, 15) is 14.7 Å². The second-order valence-electron chi connectivity index (χ2n) is 3.12. The Balaban J connectivity index is 2.52. The van der Waals surface area contributed by atoms with Gasteiger partial charge in [0.2, 0.25) is 5.69 Å². The molecule has 0 saturated carbocycles. The zero-order valence-electron chi connectivity index (χ0n) is 6.87. The van der Waals surface area contributed by atoms with Crippen LogP contribution in [-0.2, 0) is 11.3 Å². The van der Waals surface area contributed by atoms with Gasteiger partial charge < -0.3 is 9.90 Å². The predicted molar refractivity (Wildman–Crippen MR) is 38.6 cm³/mol. The largest absolute Gasteiger partial charge is 0.549 e. The van der Waals surface area contributed by atoms with Crippen LogP contribution in [0.4, 0.5) is 0 Å². The molecular formula is C7H9N3O3. The molecular weight excluding hydrogens is 174 g/mol. The van der Waals surface area contributed by atoms with E-state index in [1.54, 1.807) is 0 Å². The summed E-state index contributed by atoms with van der Waals surface area (Å²) >= 11 is 0. The molecule has 2 N–H and O–H groups in total. The first-order chi connectivity index (χ1) is 6.20. The van der Waals surface area contributed by atoms with E-state index < -0.39 is 11.9 Å². The molecule has 6 nitrogen and oxygen atoms in total. The van der Waals surface area contributed by atoms with Crippen molar-refractivity contribution in [3.63, 3.8) is 0 Å². The van der Waals surface area contributed by atoms with Crippen LogP contribution in [0.15, 0.2) is 4.79 Å². The Morgan fingerprint density at radius 1 is 1.62 bits per heavy atom. The van der Waals surface area contributed by atoms with Crippen molar-refractivity contribution in [3.8, 4) is 0 Å². The third-order valence-corrected chi connectivity index (χ3v) is 2.32. The number of aliphatic carboxylic acids is 1. The normalized spacial score (nSPS) is 21.1. The molecule has 0 aliphatic carbocycles. The van der Waals surface area contributed by atoms with Gasteiger partial charge in [0.05, 0.1) is 11.9 Å². The number of carbonyl (C=O) groups excluding carboxylic acids is 1. The van der Waals surface area contributed by atoms with Gasteiger partial charge in [0, 0.05) is 0 Å². The summed E-state index contributed by atoms with van der Waals surface area (Å²) in [5.41, 5.74) is -0.0971. The molecule has 0 bridgehead atoms. The number of hydrogen-bond donors (Lipinski definition) is 2. The van der Waals surface area contributed by atoms with Gasteiger partial charge in [-0.05, 0) is 12.8 Å². The minimum Gasteiger partial charge on any atom is -0.549 e. The molecule has 70 valence electrons. The van der Waals surface area contributed by atoms with Crippen LogP contribution in [0.5, 0.6) is 0 Å². The lowest BCUT2D eigenvalue weighted by atomic mass is 9.97. The van der Waals surface area contributed by atoms with Crippen LogP contribution in [0.3, 0.4) is 0 Å². The van der Waals surface area contributed by atoms with E-state index in [0.29, 0.717) is 13.0 Å². The van der Waals surface area contributed by atoms with Gasteiger partial charge in [0.15, 0.2) is 0 Å². The van der Waals surface area contributed by atoms with Crippen molar-refractivity contribution in [1.29, 1.82) is 0 Å². The molecule has 1 aliphatic heterocycles. The number of aryl methyl sites for hydroxylation is 1. The number of carbonyl (C=O) groups is 1. The van der Waals surface area contributed by atoms with Crippen LogP contribution >= 0.6 is 0 Å². The maximum atomic E-state index is 11.2. The van der Waals surface area contributed by atoms with Crippen molar-refractivity contribution in [3.05, 3.63) is 16.0 Å². The molecule has 0 radical (unpaired) electrons. The summed E-state index contributed by atoms with van der Waals surface area (Å²) < 4.78 is 1.53. The quantitative estimate of drug-likeness (QED) is 0.476. The Labute approximate surface area is 73.2 Å². The van der Waals surface area contributed by atoms with Crippen LogP contribution in [-0.4, -0.2) is 16.3 Å². The Morgan fingerprint density at radius 3 is 3.08 bits per heavy atom. The van der Waals surface area contributed by atoms with Gasteiger partial charge in [0.1, 0.15) is 6.54 Å². The van der Waals surface area contributed by atoms with Crippen LogP contribution in [0.25, 0.3) is 0 Å². The molecule has 0 spiro atoms. The molecule has 1 atom stereocenters. The number of aromatic nitrogens is 3. The molecule has 1 unspecified atom stereocenters. The van der Waals surface area contributed by atoms with E-state index in [4.69, 9.17) is 0 Å². The van der Waals surface area contributed by atoms with Gasteiger partial charge in [-0.3, -0.25) is 0 Å². The maximum Gasteiger partial charge on any atom is 0.394 e. The minimum atomic E-state index is -1.18. The first kappa shape index (κ1) is 8.03. The highest BCUT2D eigenvalue weighted by Crippen LogP contribution is 2.17. The topological polar surface area (TPSA) is 92.7 Å². The van der Waals surface area contributed by atoms with Crippen molar-refractivity contribution < 1.29 is 14.6 Å². The Morgan fingerprint density at radius 2 is 2.38 bits per heavy atom. The van der Waals surface area contributed by atoms with Crippen molar-refractivity contribution in [2.45, 2.75) is 25.3 Å². The summed E-state index contributed by atoms with van der Waals surface area (Å²) in [6, 6.07) is 0. The van der Waals surface area contributed by atoms with Crippen molar-refractivity contribution in [1.82, 2.24) is 10.3 Å². The average Bonchev–Trinajstić information content (AvgIpc) is 2.48. The first-order valence-electron chi connectivity index (χ1n) is 4.11. The molecule has 2 heterocycles. The number of fused-ring (bicyclic) bond motifs is 1. The number of aromatic amines is 2. The summed E-state index contributed by atoms with van der Waals surface area (Å²) in [5.74, 6) is -1.96. The van der Waals surface area contributed by atoms with Gasteiger partial charge in [-0.25, -0.2) is 4.79 Å². The standard InChI is InChI=1S/C7H9N3O3/c11-6-5-4(7(12)13)2-1-3-10(5)9-8-6/h4H,1-3H2,(H2,11,12,13). The van der Waals surface area contributed by atoms with Crippen LogP contribution < -0.4 is 15.3 Å². The van der Waals surface area contributed by atoms with Crippen LogP contribution in [0, 0.1) is 0 Å². The zero-order chi connectivity index (χ0) is 9.42. The van der Waals surface area contributed by atoms with Gasteiger partial charge in [0.25, 0.3) is 0 Å². The molecule has 1 aromatic rings. The molecule has 0 aromatic carbocycles. The zero-order valence-corrected chi connectivity index (χ0v) is 6.87. The number of hydrogen-bond acceptors (Lipinski definition) is 3. The molecule has 6 heteroatoms. The summed E-state index contributed by atoms with van der Waals surface area (Å²) in [6.07, 6.45) is 1.22. The van der Waals surface area contributed by atoms with Gasteiger partial charge in [-0.15, -0.1) is 5.10 Å². The maximum absolute atomic E-state index is 11.2. The summed E-state index contributed by atoms with van der Waals surface area (Å²) in [4.78, 5) is 21.9. The molecule has 1 aromatic heterocycles. The van der Waals surface area contributed by atoms with Gasteiger partial charge in [-0.2, -0.15) is 4.68 Å². The fraction of sp³-hybridized carbons (Fsp3) is 0.571. The lowest BCUT2D eigenvalue weighted by Gasteiger charge is -2.18. The second kappa shape index (κ2) is 2.72. The lowest BCUT2D eigenvalue weighted by molar-refractivity contribution is -0.765. The smallest absolute Gasteiger partial charge is 0.394 e. The third-order valence-electron chi connectivity index (χ3n) is 2.32. The fourth-order valence-corrected chi connectivity index (χ4v) is 1.71. The molecule has 0 amide bonds. The Kier molecular flexibility index (Phi) is 1.68. The number of carboxylic acid groups (broad SMARTS) is 1. The number of carboxylic acids is 1. The van der Waals surface area contributed by atoms with Crippen LogP contribution in [0.1, 0.15) is 24.5 Å². The molecule has 1 aliphatic rings. The lowest BCUT2D eigenvalue weighted by Crippen LogP contribution is -2.49. The summed E-state index contributed by atoms with van der Waals surface area (Å²) in [6.45, 7) is 0.651. The molecule has 13 heavy (non-hydrogen) atoms. The Bertz CT molecular complexity index is 392. The van der Waals surface area contributed by atoms with Crippen molar-refractivity contribution >= 4 is 5.97 Å². The second-order valence-corrected chi connectivity index (χ2v) is 3.12. The van der Waals surface area contributed by atoms with Crippen molar-refractivity contribution in [2.75, 3.05) is 0 Å². The molecule has 0 saturated heterocycles. The highest BCUT2D eigenvalue weighted by atomic mass is 16.4. The van der Waals surface area contributed by atoms with Gasteiger partial charge >= 0.3 is 5.56 Å². The number of H-pyrrole nitrogens is 2.